The van der Waals surface area contributed by atoms with E-state index in [2.05, 4.69) is 25.6 Å². The molecule has 0 aliphatic carbocycles. The van der Waals surface area contributed by atoms with Crippen LogP contribution in [0.5, 0.6) is 0 Å². The first-order valence-corrected chi connectivity index (χ1v) is 5.45. The molecule has 0 spiro atoms. The van der Waals surface area contributed by atoms with Gasteiger partial charge in [-0.25, -0.2) is 4.63 Å². The van der Waals surface area contributed by atoms with E-state index in [4.69, 9.17) is 5.73 Å². The lowest BCUT2D eigenvalue weighted by atomic mass is 10.1. The van der Waals surface area contributed by atoms with Crippen LogP contribution in [0, 0.1) is 0 Å². The van der Waals surface area contributed by atoms with Gasteiger partial charge in [0.05, 0.1) is 11.1 Å². The lowest BCUT2D eigenvalue weighted by molar-refractivity contribution is 0.0878. The van der Waals surface area contributed by atoms with Gasteiger partial charge in [-0.15, -0.1) is 0 Å². The van der Waals surface area contributed by atoms with Crippen LogP contribution in [0.15, 0.2) is 22.8 Å². The molecule has 100 valence electrons. The van der Waals surface area contributed by atoms with Crippen LogP contribution < -0.4 is 16.4 Å². The minimum Gasteiger partial charge on any atom is -0.379 e. The summed E-state index contributed by atoms with van der Waals surface area (Å²) in [5.41, 5.74) is 6.00. The number of carbonyl (C=O) groups is 3. The summed E-state index contributed by atoms with van der Waals surface area (Å²) >= 11 is 0. The molecule has 0 fully saturated rings. The Labute approximate surface area is 111 Å². The Morgan fingerprint density at radius 2 is 1.95 bits per heavy atom. The highest BCUT2D eigenvalue weighted by molar-refractivity contribution is 6.22. The van der Waals surface area contributed by atoms with E-state index in [1.165, 1.54) is 18.2 Å². The van der Waals surface area contributed by atoms with Crippen LogP contribution >= 0.6 is 0 Å². The summed E-state index contributed by atoms with van der Waals surface area (Å²) in [5.74, 6) is -1.75. The molecule has 0 unspecified atom stereocenters. The first kappa shape index (κ1) is 11.8. The molecule has 0 saturated carbocycles. The molecule has 2 heterocycles. The van der Waals surface area contributed by atoms with Crippen molar-refractivity contribution in [2.45, 2.75) is 0 Å². The molecule has 9 nitrogen and oxygen atoms in total. The van der Waals surface area contributed by atoms with Gasteiger partial charge in [0.1, 0.15) is 0 Å². The van der Waals surface area contributed by atoms with Crippen LogP contribution in [0.3, 0.4) is 0 Å². The summed E-state index contributed by atoms with van der Waals surface area (Å²) < 4.78 is 4.31. The molecular formula is C11H7N5O4. The van der Waals surface area contributed by atoms with E-state index in [1.54, 1.807) is 0 Å². The third kappa shape index (κ3) is 1.77. The summed E-state index contributed by atoms with van der Waals surface area (Å²) in [5, 5.41) is 11.3. The minimum atomic E-state index is -0.631. The van der Waals surface area contributed by atoms with Crippen molar-refractivity contribution in [3.8, 4) is 0 Å². The fourth-order valence-electron chi connectivity index (χ4n) is 1.79. The molecule has 1 aliphatic heterocycles. The zero-order valence-electron chi connectivity index (χ0n) is 9.84. The maximum Gasteiger partial charge on any atom is 0.281 e. The van der Waals surface area contributed by atoms with Gasteiger partial charge >= 0.3 is 0 Å². The van der Waals surface area contributed by atoms with Gasteiger partial charge in [-0.3, -0.25) is 19.7 Å². The lowest BCUT2D eigenvalue weighted by Gasteiger charge is -2.04. The highest BCUT2D eigenvalue weighted by Gasteiger charge is 2.27. The molecular weight excluding hydrogens is 266 g/mol. The first-order valence-electron chi connectivity index (χ1n) is 5.45. The second-order valence-corrected chi connectivity index (χ2v) is 4.00. The second-order valence-electron chi connectivity index (χ2n) is 4.00. The topological polar surface area (TPSA) is 140 Å². The van der Waals surface area contributed by atoms with E-state index in [9.17, 15) is 14.4 Å². The Morgan fingerprint density at radius 3 is 2.65 bits per heavy atom. The standard InChI is InChI=1S/C11H7N5O4/c12-8-7(15-20-16-8)11(19)13-4-1-2-5-6(3-4)10(18)14-9(5)17/h1-3H,(H2,12,16)(H,13,19)(H,14,17,18). The number of nitrogens with one attached hydrogen (secondary N) is 2. The van der Waals surface area contributed by atoms with Crippen molar-refractivity contribution in [2.75, 3.05) is 11.1 Å². The van der Waals surface area contributed by atoms with E-state index in [0.717, 1.165) is 0 Å². The Kier molecular flexibility index (Phi) is 2.46. The van der Waals surface area contributed by atoms with Crippen molar-refractivity contribution < 1.29 is 19.0 Å². The lowest BCUT2D eigenvalue weighted by Crippen LogP contribution is -2.19. The van der Waals surface area contributed by atoms with Crippen molar-refractivity contribution in [1.82, 2.24) is 15.6 Å². The minimum absolute atomic E-state index is 0.142. The Balaban J connectivity index is 1.88. The summed E-state index contributed by atoms with van der Waals surface area (Å²) in [6.45, 7) is 0. The first-order chi connectivity index (χ1) is 9.56. The SMILES string of the molecule is Nc1nonc1C(=O)Nc1ccc2c(c1)C(=O)NC2=O. The molecule has 0 bridgehead atoms. The maximum atomic E-state index is 11.8. The second kappa shape index (κ2) is 4.16. The Hall–Kier alpha value is -3.23. The molecule has 9 heteroatoms. The number of hydrogen-bond acceptors (Lipinski definition) is 7. The van der Waals surface area contributed by atoms with E-state index >= 15 is 0 Å². The summed E-state index contributed by atoms with van der Waals surface area (Å²) in [7, 11) is 0. The predicted molar refractivity (Wildman–Crippen MR) is 64.9 cm³/mol. The molecule has 3 amide bonds. The number of nitrogens with two attached hydrogens (primary N) is 1. The van der Waals surface area contributed by atoms with E-state index in [-0.39, 0.29) is 22.6 Å². The van der Waals surface area contributed by atoms with Crippen LogP contribution in [-0.2, 0) is 0 Å². The van der Waals surface area contributed by atoms with Crippen molar-refractivity contribution in [1.29, 1.82) is 0 Å². The van der Waals surface area contributed by atoms with Gasteiger partial charge < -0.3 is 11.1 Å². The van der Waals surface area contributed by atoms with Crippen LogP contribution in [-0.4, -0.2) is 28.0 Å². The maximum absolute atomic E-state index is 11.8. The Morgan fingerprint density at radius 1 is 1.20 bits per heavy atom. The van der Waals surface area contributed by atoms with Crippen LogP contribution in [0.1, 0.15) is 31.2 Å². The fraction of sp³-hybridized carbons (Fsp3) is 0. The van der Waals surface area contributed by atoms with Crippen molar-refractivity contribution >= 4 is 29.2 Å². The number of nitrogens with zero attached hydrogens (tertiary/aromatic N) is 2. The van der Waals surface area contributed by atoms with Gasteiger partial charge in [-0.2, -0.15) is 0 Å². The van der Waals surface area contributed by atoms with E-state index < -0.39 is 17.7 Å². The van der Waals surface area contributed by atoms with Gasteiger partial charge in [0.2, 0.25) is 11.5 Å². The van der Waals surface area contributed by atoms with Gasteiger partial charge in [-0.1, -0.05) is 0 Å². The molecule has 0 saturated heterocycles. The number of imide groups is 1. The predicted octanol–water partition coefficient (Wildman–Crippen LogP) is -0.212. The zero-order chi connectivity index (χ0) is 14.3. The molecule has 4 N–H and O–H groups in total. The average molecular weight is 273 g/mol. The van der Waals surface area contributed by atoms with Gasteiger partial charge in [0.25, 0.3) is 17.7 Å². The van der Waals surface area contributed by atoms with Crippen LogP contribution in [0.2, 0.25) is 0 Å². The van der Waals surface area contributed by atoms with Gasteiger partial charge in [0.15, 0.2) is 0 Å². The van der Waals surface area contributed by atoms with E-state index in [0.29, 0.717) is 5.69 Å². The molecule has 3 rings (SSSR count). The van der Waals surface area contributed by atoms with Crippen molar-refractivity contribution in [3.63, 3.8) is 0 Å². The quantitative estimate of drug-likeness (QED) is 0.643. The average Bonchev–Trinajstić information content (AvgIpc) is 2.95. The molecule has 0 atom stereocenters. The van der Waals surface area contributed by atoms with Crippen molar-refractivity contribution in [2.24, 2.45) is 0 Å². The number of nitrogen functional groups attached to an aromatic ring is 1. The molecule has 1 aromatic carbocycles. The number of amides is 3. The number of benzene rings is 1. The molecule has 1 aliphatic rings. The van der Waals surface area contributed by atoms with E-state index in [1.807, 2.05) is 0 Å². The summed E-state index contributed by atoms with van der Waals surface area (Å²) in [6.07, 6.45) is 0. The molecule has 2 aromatic rings. The van der Waals surface area contributed by atoms with Gasteiger partial charge in [0, 0.05) is 5.69 Å². The highest BCUT2D eigenvalue weighted by atomic mass is 16.6. The number of fused-ring (bicyclic) bond motifs is 1. The molecule has 1 aromatic heterocycles. The number of aromatic nitrogens is 2. The number of rotatable bonds is 2. The molecule has 0 radical (unpaired) electrons. The number of carbonyl (C=O) groups excluding carboxylic acids is 3. The number of anilines is 2. The van der Waals surface area contributed by atoms with Gasteiger partial charge in [-0.05, 0) is 28.5 Å². The fourth-order valence-corrected chi connectivity index (χ4v) is 1.79. The van der Waals surface area contributed by atoms with Crippen LogP contribution in [0.25, 0.3) is 0 Å². The smallest absolute Gasteiger partial charge is 0.281 e. The highest BCUT2D eigenvalue weighted by Crippen LogP contribution is 2.21. The largest absolute Gasteiger partial charge is 0.379 e. The summed E-state index contributed by atoms with van der Waals surface area (Å²) in [4.78, 5) is 34.7. The van der Waals surface area contributed by atoms with Crippen molar-refractivity contribution in [3.05, 3.63) is 35.0 Å². The Bertz CT molecular complexity index is 751. The molecule has 20 heavy (non-hydrogen) atoms. The number of hydrogen-bond donors (Lipinski definition) is 3. The van der Waals surface area contributed by atoms with Crippen LogP contribution in [0.4, 0.5) is 11.5 Å². The monoisotopic (exact) mass is 273 g/mol. The summed E-state index contributed by atoms with van der Waals surface area (Å²) in [6, 6.07) is 4.31. The zero-order valence-corrected chi connectivity index (χ0v) is 9.84. The third-order valence-corrected chi connectivity index (χ3v) is 2.72. The third-order valence-electron chi connectivity index (χ3n) is 2.72. The normalized spacial score (nSPS) is 13.0.